The zero-order chi connectivity index (χ0) is 19.7. The van der Waals surface area contributed by atoms with Gasteiger partial charge in [-0.2, -0.15) is 0 Å². The van der Waals surface area contributed by atoms with Crippen molar-refractivity contribution in [1.29, 1.82) is 0 Å². The van der Waals surface area contributed by atoms with Crippen LogP contribution in [0.15, 0.2) is 47.6 Å². The van der Waals surface area contributed by atoms with Gasteiger partial charge in [-0.05, 0) is 31.5 Å². The highest BCUT2D eigenvalue weighted by atomic mass is 32.2. The number of thioether (sulfide) groups is 1. The summed E-state index contributed by atoms with van der Waals surface area (Å²) in [4.78, 5) is 12.6. The van der Waals surface area contributed by atoms with Crippen LogP contribution in [0.4, 0.5) is 0 Å². The lowest BCUT2D eigenvalue weighted by Crippen LogP contribution is -2.24. The van der Waals surface area contributed by atoms with Crippen LogP contribution in [0.25, 0.3) is 0 Å². The van der Waals surface area contributed by atoms with Crippen molar-refractivity contribution in [3.63, 3.8) is 0 Å². The number of fused-ring (bicyclic) bond motifs is 1. The van der Waals surface area contributed by atoms with Gasteiger partial charge in [-0.1, -0.05) is 47.7 Å². The molecular weight excluding hydrogens is 374 g/mol. The molecule has 0 saturated heterocycles. The fourth-order valence-corrected chi connectivity index (χ4v) is 4.01. The van der Waals surface area contributed by atoms with Crippen molar-refractivity contribution in [3.8, 4) is 11.5 Å². The maximum Gasteiger partial charge on any atom is 0.192 e. The van der Waals surface area contributed by atoms with Crippen molar-refractivity contribution in [1.82, 2.24) is 14.8 Å². The molecule has 2 heterocycles. The molecule has 0 fully saturated rings. The van der Waals surface area contributed by atoms with E-state index < -0.39 is 0 Å². The molecule has 1 aliphatic heterocycles. The lowest BCUT2D eigenvalue weighted by molar-refractivity contribution is 0.0825. The molecule has 28 heavy (non-hydrogen) atoms. The molecular formula is C21H21N3O3S. The number of ether oxygens (including phenoxy) is 2. The third-order valence-electron chi connectivity index (χ3n) is 4.68. The number of aryl methyl sites for hydroxylation is 2. The van der Waals surface area contributed by atoms with Crippen LogP contribution >= 0.6 is 11.8 Å². The second-order valence-corrected chi connectivity index (χ2v) is 7.74. The Bertz CT molecular complexity index is 1030. The van der Waals surface area contributed by atoms with Crippen molar-refractivity contribution < 1.29 is 14.3 Å². The van der Waals surface area contributed by atoms with Crippen molar-refractivity contribution in [3.05, 3.63) is 65.0 Å². The number of ketones is 1. The number of hydrogen-bond donors (Lipinski definition) is 0. The van der Waals surface area contributed by atoms with Gasteiger partial charge >= 0.3 is 0 Å². The largest absolute Gasteiger partial charge is 0.485 e. The number of hydrogen-bond acceptors (Lipinski definition) is 6. The Kier molecular flexibility index (Phi) is 5.09. The summed E-state index contributed by atoms with van der Waals surface area (Å²) in [6.45, 7) is 4.35. The zero-order valence-electron chi connectivity index (χ0n) is 16.0. The molecule has 0 aliphatic carbocycles. The van der Waals surface area contributed by atoms with Gasteiger partial charge in [0.05, 0.1) is 5.75 Å². The first-order valence-electron chi connectivity index (χ1n) is 9.04. The Labute approximate surface area is 167 Å². The van der Waals surface area contributed by atoms with Crippen molar-refractivity contribution in [2.75, 3.05) is 12.4 Å². The van der Waals surface area contributed by atoms with E-state index in [1.807, 2.05) is 67.9 Å². The molecule has 1 unspecified atom stereocenters. The number of nitrogens with zero attached hydrogens (tertiary/aromatic N) is 3. The van der Waals surface area contributed by atoms with E-state index in [-0.39, 0.29) is 11.9 Å². The normalized spacial score (nSPS) is 15.5. The van der Waals surface area contributed by atoms with E-state index in [0.29, 0.717) is 29.1 Å². The maximum absolute atomic E-state index is 12.6. The van der Waals surface area contributed by atoms with Gasteiger partial charge in [-0.15, -0.1) is 10.2 Å². The van der Waals surface area contributed by atoms with E-state index in [2.05, 4.69) is 10.2 Å². The van der Waals surface area contributed by atoms with E-state index in [1.54, 1.807) is 0 Å². The highest BCUT2D eigenvalue weighted by molar-refractivity contribution is 7.99. The summed E-state index contributed by atoms with van der Waals surface area (Å²) in [7, 11) is 1.88. The first kappa shape index (κ1) is 18.6. The third kappa shape index (κ3) is 3.62. The second-order valence-electron chi connectivity index (χ2n) is 6.79. The lowest BCUT2D eigenvalue weighted by atomic mass is 10.0. The fourth-order valence-electron chi connectivity index (χ4n) is 3.21. The summed E-state index contributed by atoms with van der Waals surface area (Å²) in [5, 5.41) is 9.18. The standard InChI is InChI=1S/C21H21N3O3S/c1-13-8-9-15(14(2)10-13)16(25)12-28-21-23-22-20(24(21)3)19-11-26-17-6-4-5-7-18(17)27-19/h4-10,19H,11-12H2,1-3H3. The Hall–Kier alpha value is -2.80. The Balaban J connectivity index is 1.45. The summed E-state index contributed by atoms with van der Waals surface area (Å²) in [6.07, 6.45) is -0.336. The van der Waals surface area contributed by atoms with E-state index in [4.69, 9.17) is 9.47 Å². The minimum absolute atomic E-state index is 0.0817. The molecule has 6 nitrogen and oxygen atoms in total. The van der Waals surface area contributed by atoms with Crippen LogP contribution in [0, 0.1) is 13.8 Å². The van der Waals surface area contributed by atoms with Crippen molar-refractivity contribution in [2.24, 2.45) is 7.05 Å². The number of aromatic nitrogens is 3. The predicted molar refractivity (Wildman–Crippen MR) is 107 cm³/mol. The van der Waals surface area contributed by atoms with E-state index in [9.17, 15) is 4.79 Å². The quantitative estimate of drug-likeness (QED) is 0.482. The van der Waals surface area contributed by atoms with Crippen LogP contribution < -0.4 is 9.47 Å². The van der Waals surface area contributed by atoms with Gasteiger partial charge in [-0.3, -0.25) is 4.79 Å². The van der Waals surface area contributed by atoms with Crippen LogP contribution in [0.3, 0.4) is 0 Å². The molecule has 3 aromatic rings. The topological polar surface area (TPSA) is 66.2 Å². The number of para-hydroxylation sites is 2. The molecule has 1 atom stereocenters. The fraction of sp³-hybridized carbons (Fsp3) is 0.286. The summed E-state index contributed by atoms with van der Waals surface area (Å²) in [5.74, 6) is 2.49. The number of Topliss-reactive ketones (excluding diaryl/α,β-unsaturated/α-hetero) is 1. The van der Waals surface area contributed by atoms with Gasteiger partial charge in [0.15, 0.2) is 34.4 Å². The Morgan fingerprint density at radius 3 is 2.75 bits per heavy atom. The minimum Gasteiger partial charge on any atom is -0.485 e. The van der Waals surface area contributed by atoms with Crippen LogP contribution in [0.5, 0.6) is 11.5 Å². The van der Waals surface area contributed by atoms with Gasteiger partial charge in [0.25, 0.3) is 0 Å². The van der Waals surface area contributed by atoms with E-state index in [0.717, 1.165) is 22.4 Å². The second kappa shape index (κ2) is 7.67. The number of rotatable bonds is 5. The first-order chi connectivity index (χ1) is 13.5. The average Bonchev–Trinajstić information content (AvgIpc) is 3.06. The molecule has 1 aromatic heterocycles. The monoisotopic (exact) mass is 395 g/mol. The zero-order valence-corrected chi connectivity index (χ0v) is 16.8. The third-order valence-corrected chi connectivity index (χ3v) is 5.70. The number of carbonyl (C=O) groups excluding carboxylic acids is 1. The SMILES string of the molecule is Cc1ccc(C(=O)CSc2nnc(C3COc4ccccc4O3)n2C)c(C)c1. The first-order valence-corrected chi connectivity index (χ1v) is 10.0. The van der Waals surface area contributed by atoms with Crippen LogP contribution in [-0.2, 0) is 7.05 Å². The molecule has 0 amide bonds. The summed E-state index contributed by atoms with van der Waals surface area (Å²) in [5.41, 5.74) is 2.90. The molecule has 0 N–H and O–H groups in total. The van der Waals surface area contributed by atoms with Gasteiger partial charge in [0.1, 0.15) is 6.61 Å². The van der Waals surface area contributed by atoms with Crippen LogP contribution in [-0.4, -0.2) is 32.9 Å². The van der Waals surface area contributed by atoms with Crippen molar-refractivity contribution in [2.45, 2.75) is 25.1 Å². The lowest BCUT2D eigenvalue weighted by Gasteiger charge is -2.25. The van der Waals surface area contributed by atoms with Gasteiger partial charge in [0.2, 0.25) is 0 Å². The molecule has 0 saturated carbocycles. The predicted octanol–water partition coefficient (Wildman–Crippen LogP) is 3.92. The number of benzene rings is 2. The molecule has 2 aromatic carbocycles. The highest BCUT2D eigenvalue weighted by Gasteiger charge is 2.27. The van der Waals surface area contributed by atoms with Gasteiger partial charge < -0.3 is 14.0 Å². The number of carbonyl (C=O) groups is 1. The molecule has 4 rings (SSSR count). The van der Waals surface area contributed by atoms with E-state index >= 15 is 0 Å². The molecule has 7 heteroatoms. The van der Waals surface area contributed by atoms with Gasteiger partial charge in [0, 0.05) is 12.6 Å². The molecule has 0 radical (unpaired) electrons. The smallest absolute Gasteiger partial charge is 0.192 e. The maximum atomic E-state index is 12.6. The minimum atomic E-state index is -0.336. The average molecular weight is 395 g/mol. The molecule has 1 aliphatic rings. The van der Waals surface area contributed by atoms with Crippen LogP contribution in [0.2, 0.25) is 0 Å². The molecule has 0 bridgehead atoms. The Morgan fingerprint density at radius 2 is 1.96 bits per heavy atom. The highest BCUT2D eigenvalue weighted by Crippen LogP contribution is 2.35. The summed E-state index contributed by atoms with van der Waals surface area (Å²) in [6, 6.07) is 13.4. The van der Waals surface area contributed by atoms with E-state index in [1.165, 1.54) is 11.8 Å². The van der Waals surface area contributed by atoms with Crippen molar-refractivity contribution >= 4 is 17.5 Å². The summed E-state index contributed by atoms with van der Waals surface area (Å²) < 4.78 is 13.6. The van der Waals surface area contributed by atoms with Crippen LogP contribution in [0.1, 0.15) is 33.4 Å². The van der Waals surface area contributed by atoms with Gasteiger partial charge in [-0.25, -0.2) is 0 Å². The molecule has 0 spiro atoms. The summed E-state index contributed by atoms with van der Waals surface area (Å²) >= 11 is 1.38. The Morgan fingerprint density at radius 1 is 1.18 bits per heavy atom. The molecule has 144 valence electrons.